The molecule has 0 aliphatic heterocycles. The van der Waals surface area contributed by atoms with E-state index >= 15 is 0 Å². The van der Waals surface area contributed by atoms with Crippen LogP contribution in [0.5, 0.6) is 0 Å². The lowest BCUT2D eigenvalue weighted by molar-refractivity contribution is -0.386. The second-order valence-electron chi connectivity index (χ2n) is 3.61. The summed E-state index contributed by atoms with van der Waals surface area (Å²) in [6.45, 7) is -0.0247. The molecule has 2 heterocycles. The highest BCUT2D eigenvalue weighted by molar-refractivity contribution is 6.30. The Morgan fingerprint density at radius 2 is 2.21 bits per heavy atom. The van der Waals surface area contributed by atoms with Crippen LogP contribution in [-0.2, 0) is 6.54 Å². The van der Waals surface area contributed by atoms with Gasteiger partial charge in [0.05, 0.1) is 17.7 Å². The van der Waals surface area contributed by atoms with E-state index in [1.165, 1.54) is 6.20 Å². The van der Waals surface area contributed by atoms with E-state index in [1.807, 2.05) is 4.98 Å². The molecule has 0 spiro atoms. The second-order valence-corrected chi connectivity index (χ2v) is 3.97. The first-order chi connectivity index (χ1) is 8.99. The molecular formula is C10H7ClN4O4. The van der Waals surface area contributed by atoms with Gasteiger partial charge in [-0.05, 0) is 6.07 Å². The number of H-pyrrole nitrogens is 1. The Kier molecular flexibility index (Phi) is 3.43. The monoisotopic (exact) mass is 282 g/mol. The minimum Gasteiger partial charge on any atom is -0.289 e. The van der Waals surface area contributed by atoms with Crippen molar-refractivity contribution in [3.63, 3.8) is 0 Å². The molecular weight excluding hydrogens is 276 g/mol. The molecule has 0 bridgehead atoms. The number of nitrogens with zero attached hydrogens (tertiary/aromatic N) is 3. The molecule has 9 heteroatoms. The number of nitrogens with one attached hydrogen (secondary N) is 1. The van der Waals surface area contributed by atoms with Crippen molar-refractivity contribution in [1.82, 2.24) is 14.5 Å². The number of halogens is 1. The van der Waals surface area contributed by atoms with Gasteiger partial charge >= 0.3 is 16.9 Å². The summed E-state index contributed by atoms with van der Waals surface area (Å²) >= 11 is 5.83. The molecule has 0 aliphatic carbocycles. The van der Waals surface area contributed by atoms with Crippen LogP contribution in [0.25, 0.3) is 0 Å². The summed E-state index contributed by atoms with van der Waals surface area (Å²) in [5.41, 5.74) is -1.99. The SMILES string of the molecule is O=c1[nH]c(=O)n(Cc2cccnc2Cl)cc1[N+](=O)[O-]. The molecule has 0 aliphatic rings. The van der Waals surface area contributed by atoms with Crippen molar-refractivity contribution in [2.75, 3.05) is 0 Å². The second kappa shape index (κ2) is 5.02. The van der Waals surface area contributed by atoms with Gasteiger partial charge in [0.15, 0.2) is 0 Å². The number of hydrogen-bond acceptors (Lipinski definition) is 5. The van der Waals surface area contributed by atoms with Gasteiger partial charge < -0.3 is 0 Å². The molecule has 1 N–H and O–H groups in total. The fourth-order valence-electron chi connectivity index (χ4n) is 1.47. The lowest BCUT2D eigenvalue weighted by Crippen LogP contribution is -2.31. The Bertz CT molecular complexity index is 752. The molecule has 8 nitrogen and oxygen atoms in total. The Balaban J connectivity index is 2.49. The third-order valence-corrected chi connectivity index (χ3v) is 2.71. The molecule has 2 aromatic heterocycles. The fraction of sp³-hybridized carbons (Fsp3) is 0.100. The topological polar surface area (TPSA) is 111 Å². The van der Waals surface area contributed by atoms with Crippen molar-refractivity contribution < 1.29 is 4.92 Å². The third kappa shape index (κ3) is 2.68. The van der Waals surface area contributed by atoms with E-state index in [2.05, 4.69) is 4.98 Å². The number of nitro groups is 1. The Morgan fingerprint density at radius 3 is 2.84 bits per heavy atom. The summed E-state index contributed by atoms with van der Waals surface area (Å²) in [5.74, 6) is 0. The van der Waals surface area contributed by atoms with Gasteiger partial charge in [0.2, 0.25) is 0 Å². The molecule has 0 atom stereocenters. The summed E-state index contributed by atoms with van der Waals surface area (Å²) in [5, 5.41) is 10.8. The maximum Gasteiger partial charge on any atom is 0.350 e. The van der Waals surface area contributed by atoms with E-state index in [4.69, 9.17) is 11.6 Å². The third-order valence-electron chi connectivity index (χ3n) is 2.37. The van der Waals surface area contributed by atoms with E-state index in [0.717, 1.165) is 10.8 Å². The molecule has 0 fully saturated rings. The van der Waals surface area contributed by atoms with Crippen LogP contribution in [0.3, 0.4) is 0 Å². The maximum atomic E-state index is 11.6. The molecule has 98 valence electrons. The number of aromatic nitrogens is 3. The minimum absolute atomic E-state index is 0.0247. The summed E-state index contributed by atoms with van der Waals surface area (Å²) in [6.07, 6.45) is 2.36. The first-order valence-corrected chi connectivity index (χ1v) is 5.44. The zero-order valence-electron chi connectivity index (χ0n) is 9.37. The summed E-state index contributed by atoms with van der Waals surface area (Å²) in [6, 6.07) is 3.24. The van der Waals surface area contributed by atoms with Gasteiger partial charge in [-0.2, -0.15) is 0 Å². The molecule has 2 aromatic rings. The lowest BCUT2D eigenvalue weighted by Gasteiger charge is -2.05. The zero-order chi connectivity index (χ0) is 14.0. The van der Waals surface area contributed by atoms with Gasteiger partial charge in [-0.3, -0.25) is 24.5 Å². The Hall–Kier alpha value is -2.48. The highest BCUT2D eigenvalue weighted by Crippen LogP contribution is 2.12. The van der Waals surface area contributed by atoms with E-state index in [9.17, 15) is 19.7 Å². The average molecular weight is 283 g/mol. The number of aromatic amines is 1. The van der Waals surface area contributed by atoms with Crippen molar-refractivity contribution in [3.05, 3.63) is 66.2 Å². The minimum atomic E-state index is -1.04. The van der Waals surface area contributed by atoms with Crippen LogP contribution in [0.1, 0.15) is 5.56 Å². The van der Waals surface area contributed by atoms with Crippen molar-refractivity contribution in [2.24, 2.45) is 0 Å². The zero-order valence-corrected chi connectivity index (χ0v) is 10.1. The predicted molar refractivity (Wildman–Crippen MR) is 66.3 cm³/mol. The van der Waals surface area contributed by atoms with E-state index in [1.54, 1.807) is 12.1 Å². The molecule has 19 heavy (non-hydrogen) atoms. The normalized spacial score (nSPS) is 10.4. The van der Waals surface area contributed by atoms with E-state index in [-0.39, 0.29) is 11.7 Å². The quantitative estimate of drug-likeness (QED) is 0.502. The maximum absolute atomic E-state index is 11.6. The number of rotatable bonds is 3. The van der Waals surface area contributed by atoms with Crippen LogP contribution >= 0.6 is 11.6 Å². The standard InChI is InChI=1S/C10H7ClN4O4/c11-8-6(2-1-3-12-8)4-14-5-7(15(18)19)9(16)13-10(14)17/h1-3,5H,4H2,(H,13,16,17). The van der Waals surface area contributed by atoms with Crippen LogP contribution in [0, 0.1) is 10.1 Å². The van der Waals surface area contributed by atoms with Gasteiger partial charge in [-0.15, -0.1) is 0 Å². The predicted octanol–water partition coefficient (Wildman–Crippen LogP) is 0.541. The van der Waals surface area contributed by atoms with Crippen LogP contribution in [0.4, 0.5) is 5.69 Å². The van der Waals surface area contributed by atoms with Gasteiger partial charge in [0.25, 0.3) is 0 Å². The Morgan fingerprint density at radius 1 is 1.47 bits per heavy atom. The molecule has 0 saturated heterocycles. The molecule has 0 aromatic carbocycles. The number of hydrogen-bond donors (Lipinski definition) is 1. The summed E-state index contributed by atoms with van der Waals surface area (Å²) in [4.78, 5) is 38.2. The van der Waals surface area contributed by atoms with Gasteiger partial charge in [-0.1, -0.05) is 17.7 Å². The van der Waals surface area contributed by atoms with Crippen LogP contribution in [-0.4, -0.2) is 19.5 Å². The van der Waals surface area contributed by atoms with Crippen LogP contribution < -0.4 is 11.2 Å². The van der Waals surface area contributed by atoms with Crippen molar-refractivity contribution in [3.8, 4) is 0 Å². The van der Waals surface area contributed by atoms with Crippen molar-refractivity contribution >= 4 is 17.3 Å². The molecule has 0 saturated carbocycles. The van der Waals surface area contributed by atoms with E-state index < -0.39 is 21.9 Å². The smallest absolute Gasteiger partial charge is 0.289 e. The van der Waals surface area contributed by atoms with E-state index in [0.29, 0.717) is 5.56 Å². The summed E-state index contributed by atoms with van der Waals surface area (Å²) in [7, 11) is 0. The van der Waals surface area contributed by atoms with Gasteiger partial charge in [0, 0.05) is 11.8 Å². The van der Waals surface area contributed by atoms with Gasteiger partial charge in [-0.25, -0.2) is 9.78 Å². The first-order valence-electron chi connectivity index (χ1n) is 5.06. The Labute approximate surface area is 110 Å². The van der Waals surface area contributed by atoms with Crippen molar-refractivity contribution in [2.45, 2.75) is 6.54 Å². The average Bonchev–Trinajstić information content (AvgIpc) is 2.34. The van der Waals surface area contributed by atoms with Crippen LogP contribution in [0.15, 0.2) is 34.1 Å². The largest absolute Gasteiger partial charge is 0.350 e. The van der Waals surface area contributed by atoms with Gasteiger partial charge in [0.1, 0.15) is 5.15 Å². The molecule has 0 radical (unpaired) electrons. The molecule has 0 amide bonds. The highest BCUT2D eigenvalue weighted by Gasteiger charge is 2.15. The summed E-state index contributed by atoms with van der Waals surface area (Å²) < 4.78 is 0.989. The first kappa shape index (κ1) is 13.0. The highest BCUT2D eigenvalue weighted by atomic mass is 35.5. The molecule has 2 rings (SSSR count). The van der Waals surface area contributed by atoms with Crippen molar-refractivity contribution in [1.29, 1.82) is 0 Å². The molecule has 0 unspecified atom stereocenters. The van der Waals surface area contributed by atoms with Crippen LogP contribution in [0.2, 0.25) is 5.15 Å². The fourth-order valence-corrected chi connectivity index (χ4v) is 1.65. The number of pyridine rings is 1. The lowest BCUT2D eigenvalue weighted by atomic mass is 10.3.